The van der Waals surface area contributed by atoms with Crippen LogP contribution in [-0.4, -0.2) is 58.0 Å². The molecule has 6 heteroatoms. The van der Waals surface area contributed by atoms with Gasteiger partial charge in [-0.15, -0.1) is 5.10 Å². The summed E-state index contributed by atoms with van der Waals surface area (Å²) in [5.74, 6) is -0.0114. The molecule has 0 N–H and O–H groups in total. The minimum atomic E-state index is -0.380. The molecule has 1 unspecified atom stereocenters. The summed E-state index contributed by atoms with van der Waals surface area (Å²) < 4.78 is 7.20. The highest BCUT2D eigenvalue weighted by Crippen LogP contribution is 2.11. The van der Waals surface area contributed by atoms with Crippen LogP contribution in [0, 0.1) is 0 Å². The lowest BCUT2D eigenvalue weighted by molar-refractivity contribution is -0.0168. The number of hydrogen-bond donors (Lipinski definition) is 0. The van der Waals surface area contributed by atoms with Gasteiger partial charge in [0.25, 0.3) is 0 Å². The summed E-state index contributed by atoms with van der Waals surface area (Å²) in [5.41, 5.74) is 0.542. The van der Waals surface area contributed by atoms with E-state index in [-0.39, 0.29) is 11.9 Å². The largest absolute Gasteiger partial charge is 0.367 e. The van der Waals surface area contributed by atoms with Gasteiger partial charge in [0, 0.05) is 19.6 Å². The molecule has 0 saturated carbocycles. The van der Waals surface area contributed by atoms with Crippen LogP contribution in [0.2, 0.25) is 0 Å². The second kappa shape index (κ2) is 6.06. The van der Waals surface area contributed by atoms with E-state index < -0.39 is 0 Å². The molecule has 1 aliphatic heterocycles. The zero-order valence-electron chi connectivity index (χ0n) is 11.0. The zero-order chi connectivity index (χ0) is 13.0. The van der Waals surface area contributed by atoms with Crippen molar-refractivity contribution in [3.63, 3.8) is 0 Å². The van der Waals surface area contributed by atoms with Gasteiger partial charge in [-0.3, -0.25) is 9.69 Å². The first kappa shape index (κ1) is 13.2. The molecule has 1 saturated heterocycles. The second-order valence-corrected chi connectivity index (χ2v) is 4.46. The second-order valence-electron chi connectivity index (χ2n) is 4.46. The van der Waals surface area contributed by atoms with Crippen molar-refractivity contribution in [3.05, 3.63) is 11.9 Å². The highest BCUT2D eigenvalue weighted by atomic mass is 16.5. The van der Waals surface area contributed by atoms with Crippen LogP contribution in [0.4, 0.5) is 0 Å². The fourth-order valence-corrected chi connectivity index (χ4v) is 2.23. The Morgan fingerprint density at radius 2 is 2.39 bits per heavy atom. The molecule has 0 spiro atoms. The third-order valence-corrected chi connectivity index (χ3v) is 3.15. The van der Waals surface area contributed by atoms with Crippen molar-refractivity contribution in [1.29, 1.82) is 0 Å². The predicted molar refractivity (Wildman–Crippen MR) is 66.5 cm³/mol. The molecule has 100 valence electrons. The van der Waals surface area contributed by atoms with Crippen molar-refractivity contribution in [2.75, 3.05) is 26.2 Å². The van der Waals surface area contributed by atoms with Crippen molar-refractivity contribution in [1.82, 2.24) is 19.9 Å². The topological polar surface area (TPSA) is 60.2 Å². The lowest BCUT2D eigenvalue weighted by atomic mass is 10.1. The Morgan fingerprint density at radius 3 is 3.11 bits per heavy atom. The van der Waals surface area contributed by atoms with Gasteiger partial charge in [0.05, 0.1) is 12.8 Å². The molecule has 2 heterocycles. The maximum Gasteiger partial charge on any atom is 0.212 e. The molecule has 1 atom stereocenters. The van der Waals surface area contributed by atoms with E-state index in [2.05, 4.69) is 22.1 Å². The fraction of sp³-hybridized carbons (Fsp3) is 0.750. The van der Waals surface area contributed by atoms with Crippen LogP contribution in [0.25, 0.3) is 0 Å². The molecular weight excluding hydrogens is 232 g/mol. The smallest absolute Gasteiger partial charge is 0.212 e. The van der Waals surface area contributed by atoms with Crippen molar-refractivity contribution >= 4 is 5.78 Å². The van der Waals surface area contributed by atoms with Gasteiger partial charge >= 0.3 is 0 Å². The summed E-state index contributed by atoms with van der Waals surface area (Å²) in [6, 6.07) is 0. The monoisotopic (exact) mass is 252 g/mol. The molecule has 6 nitrogen and oxygen atoms in total. The van der Waals surface area contributed by atoms with Crippen molar-refractivity contribution < 1.29 is 9.53 Å². The van der Waals surface area contributed by atoms with Gasteiger partial charge in [-0.05, 0) is 19.9 Å². The number of Topliss-reactive ketones (excluding diaryl/α,β-unsaturated/α-hetero) is 1. The summed E-state index contributed by atoms with van der Waals surface area (Å²) in [7, 11) is 0. The Kier molecular flexibility index (Phi) is 4.43. The van der Waals surface area contributed by atoms with Crippen LogP contribution in [-0.2, 0) is 11.3 Å². The summed E-state index contributed by atoms with van der Waals surface area (Å²) in [4.78, 5) is 14.6. The van der Waals surface area contributed by atoms with E-state index in [1.54, 1.807) is 4.68 Å². The Hall–Kier alpha value is -1.27. The van der Waals surface area contributed by atoms with Gasteiger partial charge in [-0.2, -0.15) is 0 Å². The van der Waals surface area contributed by atoms with Crippen molar-refractivity contribution in [3.8, 4) is 0 Å². The standard InChI is InChI=1S/C12H20N4O2/c1-3-5-15-6-7-18-11(9-15)12(17)10-8-13-14-16(10)4-2/h8,11H,3-7,9H2,1-2H3. The highest BCUT2D eigenvalue weighted by molar-refractivity contribution is 5.98. The number of nitrogens with zero attached hydrogens (tertiary/aromatic N) is 4. The molecule has 1 aromatic heterocycles. The van der Waals surface area contributed by atoms with Gasteiger partial charge in [0.1, 0.15) is 11.8 Å². The van der Waals surface area contributed by atoms with Gasteiger partial charge in [-0.1, -0.05) is 12.1 Å². The van der Waals surface area contributed by atoms with Gasteiger partial charge in [0.2, 0.25) is 5.78 Å². The van der Waals surface area contributed by atoms with Gasteiger partial charge in [-0.25, -0.2) is 4.68 Å². The zero-order valence-corrected chi connectivity index (χ0v) is 11.0. The predicted octanol–water partition coefficient (Wildman–Crippen LogP) is 0.591. The summed E-state index contributed by atoms with van der Waals surface area (Å²) >= 11 is 0. The number of carbonyl (C=O) groups is 1. The number of ketones is 1. The normalized spacial score (nSPS) is 21.1. The lowest BCUT2D eigenvalue weighted by Crippen LogP contribution is -2.46. The van der Waals surface area contributed by atoms with Crippen LogP contribution in [0.5, 0.6) is 0 Å². The Labute approximate surface area is 107 Å². The molecule has 1 fully saturated rings. The van der Waals surface area contributed by atoms with E-state index in [9.17, 15) is 4.79 Å². The van der Waals surface area contributed by atoms with E-state index in [4.69, 9.17) is 4.74 Å². The van der Waals surface area contributed by atoms with E-state index in [0.29, 0.717) is 25.4 Å². The van der Waals surface area contributed by atoms with Gasteiger partial charge in [0.15, 0.2) is 0 Å². The summed E-state index contributed by atoms with van der Waals surface area (Å²) in [6.45, 7) is 7.93. The third-order valence-electron chi connectivity index (χ3n) is 3.15. The molecule has 0 aromatic carbocycles. The number of aryl methyl sites for hydroxylation is 1. The maximum atomic E-state index is 12.3. The third kappa shape index (κ3) is 2.76. The molecule has 0 amide bonds. The molecule has 0 radical (unpaired) electrons. The molecule has 0 aliphatic carbocycles. The van der Waals surface area contributed by atoms with Crippen LogP contribution in [0.1, 0.15) is 30.8 Å². The molecule has 2 rings (SSSR count). The average molecular weight is 252 g/mol. The minimum absolute atomic E-state index is 0.0114. The van der Waals surface area contributed by atoms with Crippen LogP contribution < -0.4 is 0 Å². The van der Waals surface area contributed by atoms with E-state index >= 15 is 0 Å². The summed E-state index contributed by atoms with van der Waals surface area (Å²) in [5, 5.41) is 7.67. The Bertz CT molecular complexity index is 403. The number of rotatable bonds is 5. The number of carbonyl (C=O) groups excluding carboxylic acids is 1. The SMILES string of the molecule is CCCN1CCOC(C(=O)c2cnnn2CC)C1. The first-order valence-corrected chi connectivity index (χ1v) is 6.53. The molecule has 1 aliphatic rings. The Balaban J connectivity index is 2.04. The van der Waals surface area contributed by atoms with Crippen LogP contribution in [0.3, 0.4) is 0 Å². The van der Waals surface area contributed by atoms with Gasteiger partial charge < -0.3 is 4.74 Å². The number of morpholine rings is 1. The van der Waals surface area contributed by atoms with E-state index in [1.807, 2.05) is 6.92 Å². The fourth-order valence-electron chi connectivity index (χ4n) is 2.23. The summed E-state index contributed by atoms with van der Waals surface area (Å²) in [6.07, 6.45) is 2.23. The maximum absolute atomic E-state index is 12.3. The lowest BCUT2D eigenvalue weighted by Gasteiger charge is -2.31. The molecule has 18 heavy (non-hydrogen) atoms. The highest BCUT2D eigenvalue weighted by Gasteiger charge is 2.29. The number of ether oxygens (including phenoxy) is 1. The Morgan fingerprint density at radius 1 is 1.56 bits per heavy atom. The van der Waals surface area contributed by atoms with E-state index in [1.165, 1.54) is 6.20 Å². The van der Waals surface area contributed by atoms with E-state index in [0.717, 1.165) is 19.5 Å². The minimum Gasteiger partial charge on any atom is -0.367 e. The van der Waals surface area contributed by atoms with Crippen LogP contribution >= 0.6 is 0 Å². The molecular formula is C12H20N4O2. The molecule has 0 bridgehead atoms. The first-order chi connectivity index (χ1) is 8.76. The average Bonchev–Trinajstić information content (AvgIpc) is 2.87. The number of aromatic nitrogens is 3. The van der Waals surface area contributed by atoms with Crippen molar-refractivity contribution in [2.45, 2.75) is 32.9 Å². The van der Waals surface area contributed by atoms with Crippen LogP contribution in [0.15, 0.2) is 6.20 Å². The van der Waals surface area contributed by atoms with Crippen molar-refractivity contribution in [2.24, 2.45) is 0 Å². The quantitative estimate of drug-likeness (QED) is 0.718. The number of hydrogen-bond acceptors (Lipinski definition) is 5. The first-order valence-electron chi connectivity index (χ1n) is 6.53. The molecule has 1 aromatic rings.